The van der Waals surface area contributed by atoms with Gasteiger partial charge in [0.05, 0.1) is 12.1 Å². The predicted molar refractivity (Wildman–Crippen MR) is 95.1 cm³/mol. The van der Waals surface area contributed by atoms with Crippen molar-refractivity contribution in [1.82, 2.24) is 9.88 Å². The topological polar surface area (TPSA) is 51.7 Å². The largest absolute Gasteiger partial charge is 0.486 e. The second-order valence-electron chi connectivity index (χ2n) is 6.07. The van der Waals surface area contributed by atoms with Crippen LogP contribution < -0.4 is 9.47 Å². The van der Waals surface area contributed by atoms with Crippen LogP contribution in [0.4, 0.5) is 0 Å². The van der Waals surface area contributed by atoms with Crippen LogP contribution in [-0.4, -0.2) is 42.1 Å². The molecule has 3 aromatic rings. The van der Waals surface area contributed by atoms with Crippen LogP contribution in [0.1, 0.15) is 10.5 Å². The third-order valence-corrected chi connectivity index (χ3v) is 4.21. The van der Waals surface area contributed by atoms with Gasteiger partial charge in [-0.1, -0.05) is 36.4 Å². The fourth-order valence-corrected chi connectivity index (χ4v) is 2.92. The average Bonchev–Trinajstić information content (AvgIpc) is 2.67. The molecule has 0 spiro atoms. The van der Waals surface area contributed by atoms with Crippen LogP contribution in [0.25, 0.3) is 10.9 Å². The number of para-hydroxylation sites is 3. The first-order valence-electron chi connectivity index (χ1n) is 8.20. The van der Waals surface area contributed by atoms with E-state index in [0.717, 1.165) is 16.7 Å². The predicted octanol–water partition coefficient (Wildman–Crippen LogP) is 3.15. The number of aromatic nitrogens is 1. The van der Waals surface area contributed by atoms with Crippen LogP contribution >= 0.6 is 0 Å². The molecule has 1 aromatic heterocycles. The van der Waals surface area contributed by atoms with Crippen molar-refractivity contribution in [3.8, 4) is 11.5 Å². The van der Waals surface area contributed by atoms with Crippen LogP contribution in [0.2, 0.25) is 0 Å². The van der Waals surface area contributed by atoms with Crippen molar-refractivity contribution >= 4 is 16.8 Å². The van der Waals surface area contributed by atoms with Crippen molar-refractivity contribution in [3.63, 3.8) is 0 Å². The third-order valence-electron chi connectivity index (χ3n) is 4.21. The number of hydrogen-bond donors (Lipinski definition) is 0. The fourth-order valence-electron chi connectivity index (χ4n) is 2.92. The maximum Gasteiger partial charge on any atom is 0.272 e. The van der Waals surface area contributed by atoms with E-state index in [1.807, 2.05) is 54.6 Å². The maximum absolute atomic E-state index is 12.7. The van der Waals surface area contributed by atoms with Crippen molar-refractivity contribution in [1.29, 1.82) is 0 Å². The first kappa shape index (κ1) is 15.4. The number of benzene rings is 2. The summed E-state index contributed by atoms with van der Waals surface area (Å²) in [4.78, 5) is 18.8. The number of nitrogens with zero attached hydrogens (tertiary/aromatic N) is 2. The smallest absolute Gasteiger partial charge is 0.272 e. The summed E-state index contributed by atoms with van der Waals surface area (Å²) in [5, 5.41) is 1.02. The molecule has 0 aliphatic carbocycles. The Morgan fingerprint density at radius 3 is 2.72 bits per heavy atom. The van der Waals surface area contributed by atoms with Gasteiger partial charge in [0, 0.05) is 12.4 Å². The Morgan fingerprint density at radius 2 is 1.84 bits per heavy atom. The SMILES string of the molecule is CN(CC1COc2ccccc2O1)C(=O)c1ccc2ccccc2n1. The van der Waals surface area contributed by atoms with E-state index in [0.29, 0.717) is 24.6 Å². The normalized spacial score (nSPS) is 15.8. The summed E-state index contributed by atoms with van der Waals surface area (Å²) in [6.45, 7) is 0.849. The highest BCUT2D eigenvalue weighted by molar-refractivity contribution is 5.94. The quantitative estimate of drug-likeness (QED) is 0.738. The summed E-state index contributed by atoms with van der Waals surface area (Å²) < 4.78 is 11.6. The van der Waals surface area contributed by atoms with E-state index in [4.69, 9.17) is 9.47 Å². The van der Waals surface area contributed by atoms with Gasteiger partial charge in [0.25, 0.3) is 5.91 Å². The summed E-state index contributed by atoms with van der Waals surface area (Å²) in [6, 6.07) is 19.0. The van der Waals surface area contributed by atoms with Gasteiger partial charge in [-0.15, -0.1) is 0 Å². The number of carbonyl (C=O) groups excluding carboxylic acids is 1. The molecule has 0 saturated heterocycles. The van der Waals surface area contributed by atoms with Gasteiger partial charge in [0.1, 0.15) is 12.3 Å². The number of pyridine rings is 1. The second-order valence-corrected chi connectivity index (χ2v) is 6.07. The zero-order valence-corrected chi connectivity index (χ0v) is 13.9. The van der Waals surface area contributed by atoms with E-state index in [-0.39, 0.29) is 12.0 Å². The van der Waals surface area contributed by atoms with E-state index in [9.17, 15) is 4.79 Å². The summed E-state index contributed by atoms with van der Waals surface area (Å²) in [7, 11) is 1.75. The molecule has 0 bridgehead atoms. The van der Waals surface area contributed by atoms with Gasteiger partial charge in [-0.05, 0) is 24.3 Å². The molecule has 0 saturated carbocycles. The molecule has 2 heterocycles. The molecule has 4 rings (SSSR count). The molecular formula is C20H18N2O3. The van der Waals surface area contributed by atoms with E-state index in [1.165, 1.54) is 0 Å². The van der Waals surface area contributed by atoms with Crippen molar-refractivity contribution in [2.45, 2.75) is 6.10 Å². The van der Waals surface area contributed by atoms with Crippen LogP contribution in [0.3, 0.4) is 0 Å². The first-order valence-corrected chi connectivity index (χ1v) is 8.20. The molecule has 2 aromatic carbocycles. The lowest BCUT2D eigenvalue weighted by molar-refractivity contribution is 0.0517. The number of hydrogen-bond acceptors (Lipinski definition) is 4. The lowest BCUT2D eigenvalue weighted by Gasteiger charge is -2.29. The summed E-state index contributed by atoms with van der Waals surface area (Å²) >= 11 is 0. The summed E-state index contributed by atoms with van der Waals surface area (Å²) in [5.74, 6) is 1.32. The lowest BCUT2D eigenvalue weighted by atomic mass is 10.2. The summed E-state index contributed by atoms with van der Waals surface area (Å²) in [5.41, 5.74) is 1.24. The second kappa shape index (κ2) is 6.43. The van der Waals surface area contributed by atoms with Crippen molar-refractivity contribution in [3.05, 3.63) is 66.4 Å². The molecule has 5 heteroatoms. The monoisotopic (exact) mass is 334 g/mol. The maximum atomic E-state index is 12.7. The zero-order valence-electron chi connectivity index (χ0n) is 13.9. The van der Waals surface area contributed by atoms with E-state index in [1.54, 1.807) is 18.0 Å². The highest BCUT2D eigenvalue weighted by Gasteiger charge is 2.24. The Morgan fingerprint density at radius 1 is 1.08 bits per heavy atom. The molecule has 1 atom stereocenters. The highest BCUT2D eigenvalue weighted by Crippen LogP contribution is 2.31. The first-order chi connectivity index (χ1) is 12.2. The van der Waals surface area contributed by atoms with E-state index in [2.05, 4.69) is 4.98 Å². The molecule has 0 N–H and O–H groups in total. The van der Waals surface area contributed by atoms with Crippen LogP contribution in [0.5, 0.6) is 11.5 Å². The van der Waals surface area contributed by atoms with Crippen LogP contribution in [0.15, 0.2) is 60.7 Å². The minimum absolute atomic E-state index is 0.131. The van der Waals surface area contributed by atoms with Crippen molar-refractivity contribution < 1.29 is 14.3 Å². The number of carbonyl (C=O) groups is 1. The standard InChI is InChI=1S/C20H18N2O3/c1-22(12-15-13-24-18-8-4-5-9-19(18)25-15)20(23)17-11-10-14-6-2-3-7-16(14)21-17/h2-11,15H,12-13H2,1H3. The van der Waals surface area contributed by atoms with Crippen LogP contribution in [0, 0.1) is 0 Å². The average molecular weight is 334 g/mol. The molecule has 1 amide bonds. The Hall–Kier alpha value is -3.08. The van der Waals surface area contributed by atoms with Gasteiger partial charge in [0.2, 0.25) is 0 Å². The zero-order chi connectivity index (χ0) is 17.2. The number of rotatable bonds is 3. The number of fused-ring (bicyclic) bond motifs is 2. The number of likely N-dealkylation sites (N-methyl/N-ethyl adjacent to an activating group) is 1. The van der Waals surface area contributed by atoms with E-state index >= 15 is 0 Å². The Bertz CT molecular complexity index is 925. The van der Waals surface area contributed by atoms with Crippen molar-refractivity contribution in [2.24, 2.45) is 0 Å². The molecule has 25 heavy (non-hydrogen) atoms. The highest BCUT2D eigenvalue weighted by atomic mass is 16.6. The molecule has 5 nitrogen and oxygen atoms in total. The van der Waals surface area contributed by atoms with Crippen LogP contribution in [-0.2, 0) is 0 Å². The Kier molecular flexibility index (Phi) is 3.98. The molecule has 1 aliphatic rings. The molecule has 0 radical (unpaired) electrons. The number of amides is 1. The van der Waals surface area contributed by atoms with Gasteiger partial charge in [-0.3, -0.25) is 4.79 Å². The van der Waals surface area contributed by atoms with Gasteiger partial charge in [-0.2, -0.15) is 0 Å². The van der Waals surface area contributed by atoms with Gasteiger partial charge in [0.15, 0.2) is 17.6 Å². The van der Waals surface area contributed by atoms with Gasteiger partial charge in [-0.25, -0.2) is 4.98 Å². The Labute approximate surface area is 145 Å². The van der Waals surface area contributed by atoms with Gasteiger partial charge < -0.3 is 14.4 Å². The molecule has 1 unspecified atom stereocenters. The molecule has 1 aliphatic heterocycles. The molecule has 126 valence electrons. The van der Waals surface area contributed by atoms with Crippen molar-refractivity contribution in [2.75, 3.05) is 20.2 Å². The van der Waals surface area contributed by atoms with Gasteiger partial charge >= 0.3 is 0 Å². The molecular weight excluding hydrogens is 316 g/mol. The minimum Gasteiger partial charge on any atom is -0.486 e. The minimum atomic E-state index is -0.204. The number of ether oxygens (including phenoxy) is 2. The summed E-state index contributed by atoms with van der Waals surface area (Å²) in [6.07, 6.45) is -0.204. The Balaban J connectivity index is 1.47. The fraction of sp³-hybridized carbons (Fsp3) is 0.200. The van der Waals surface area contributed by atoms with E-state index < -0.39 is 0 Å². The molecule has 0 fully saturated rings. The lowest BCUT2D eigenvalue weighted by Crippen LogP contribution is -2.42. The third kappa shape index (κ3) is 3.13.